The second-order valence-corrected chi connectivity index (χ2v) is 5.55. The molecule has 1 aliphatic heterocycles. The molecular formula is C16H26N2O. The average molecular weight is 262 g/mol. The molecule has 19 heavy (non-hydrogen) atoms. The van der Waals surface area contributed by atoms with Crippen molar-refractivity contribution in [2.75, 3.05) is 26.2 Å². The Morgan fingerprint density at radius 3 is 2.47 bits per heavy atom. The van der Waals surface area contributed by atoms with Crippen LogP contribution in [0.2, 0.25) is 0 Å². The first-order chi connectivity index (χ1) is 9.16. The van der Waals surface area contributed by atoms with Gasteiger partial charge in [0, 0.05) is 19.1 Å². The molecule has 1 aromatic carbocycles. The summed E-state index contributed by atoms with van der Waals surface area (Å²) in [5.41, 5.74) is 1.37. The van der Waals surface area contributed by atoms with Crippen LogP contribution in [0.1, 0.15) is 38.8 Å². The first-order valence-corrected chi connectivity index (χ1v) is 7.38. The van der Waals surface area contributed by atoms with Crippen LogP contribution >= 0.6 is 0 Å². The van der Waals surface area contributed by atoms with Gasteiger partial charge in [-0.15, -0.1) is 0 Å². The lowest BCUT2D eigenvalue weighted by atomic mass is 10.1. The maximum Gasteiger partial charge on any atom is 0.119 e. The highest BCUT2D eigenvalue weighted by Gasteiger charge is 2.16. The first kappa shape index (κ1) is 14.4. The zero-order valence-corrected chi connectivity index (χ0v) is 12.4. The number of nitrogens with zero attached hydrogens (tertiary/aromatic N) is 1. The number of ether oxygens (including phenoxy) is 1. The second kappa shape index (κ2) is 6.92. The molecule has 2 rings (SSSR count). The lowest BCUT2D eigenvalue weighted by Gasteiger charge is -2.27. The van der Waals surface area contributed by atoms with Gasteiger partial charge in [0.05, 0.1) is 6.10 Å². The molecule has 1 heterocycles. The Balaban J connectivity index is 1.99. The molecule has 0 amide bonds. The van der Waals surface area contributed by atoms with Gasteiger partial charge in [0.1, 0.15) is 5.75 Å². The number of hydrogen-bond donors (Lipinski definition) is 1. The summed E-state index contributed by atoms with van der Waals surface area (Å²) in [6, 6.07) is 9.04. The number of rotatable bonds is 4. The normalized spacial score (nSPS) is 19.2. The van der Waals surface area contributed by atoms with Crippen molar-refractivity contribution in [1.29, 1.82) is 0 Å². The van der Waals surface area contributed by atoms with E-state index in [1.807, 2.05) is 0 Å². The number of benzene rings is 1. The smallest absolute Gasteiger partial charge is 0.119 e. The summed E-state index contributed by atoms with van der Waals surface area (Å²) in [6.45, 7) is 11.0. The summed E-state index contributed by atoms with van der Waals surface area (Å²) < 4.78 is 5.69. The van der Waals surface area contributed by atoms with E-state index in [1.165, 1.54) is 18.5 Å². The molecule has 1 unspecified atom stereocenters. The lowest BCUT2D eigenvalue weighted by Crippen LogP contribution is -2.30. The predicted octanol–water partition coefficient (Wildman–Crippen LogP) is 2.83. The summed E-state index contributed by atoms with van der Waals surface area (Å²) in [4.78, 5) is 2.55. The zero-order valence-electron chi connectivity index (χ0n) is 12.4. The summed E-state index contributed by atoms with van der Waals surface area (Å²) >= 11 is 0. The SMILES string of the molecule is CC(C)Oc1ccc(C(C)N2CCCNCC2)cc1. The summed E-state index contributed by atoms with van der Waals surface area (Å²) in [7, 11) is 0. The van der Waals surface area contributed by atoms with Gasteiger partial charge in [-0.25, -0.2) is 0 Å². The minimum Gasteiger partial charge on any atom is -0.491 e. The molecule has 1 fully saturated rings. The van der Waals surface area contributed by atoms with Crippen molar-refractivity contribution < 1.29 is 4.74 Å². The maximum absolute atomic E-state index is 5.69. The molecule has 3 nitrogen and oxygen atoms in total. The van der Waals surface area contributed by atoms with E-state index in [4.69, 9.17) is 4.74 Å². The Kier molecular flexibility index (Phi) is 5.23. The summed E-state index contributed by atoms with van der Waals surface area (Å²) in [6.07, 6.45) is 1.47. The van der Waals surface area contributed by atoms with E-state index < -0.39 is 0 Å². The van der Waals surface area contributed by atoms with Gasteiger partial charge in [-0.2, -0.15) is 0 Å². The second-order valence-electron chi connectivity index (χ2n) is 5.55. The Bertz CT molecular complexity index is 367. The van der Waals surface area contributed by atoms with E-state index in [1.54, 1.807) is 0 Å². The highest BCUT2D eigenvalue weighted by molar-refractivity contribution is 5.29. The van der Waals surface area contributed by atoms with Crippen LogP contribution in [0.5, 0.6) is 5.75 Å². The zero-order chi connectivity index (χ0) is 13.7. The molecule has 0 bridgehead atoms. The van der Waals surface area contributed by atoms with E-state index >= 15 is 0 Å². The van der Waals surface area contributed by atoms with E-state index in [9.17, 15) is 0 Å². The third kappa shape index (κ3) is 4.22. The first-order valence-electron chi connectivity index (χ1n) is 7.38. The van der Waals surface area contributed by atoms with Crippen LogP contribution in [0.3, 0.4) is 0 Å². The van der Waals surface area contributed by atoms with Crippen molar-refractivity contribution in [1.82, 2.24) is 10.2 Å². The molecule has 1 N–H and O–H groups in total. The van der Waals surface area contributed by atoms with Crippen LogP contribution in [0, 0.1) is 0 Å². The Hall–Kier alpha value is -1.06. The fourth-order valence-corrected chi connectivity index (χ4v) is 2.56. The molecule has 0 spiro atoms. The van der Waals surface area contributed by atoms with Crippen LogP contribution in [0.25, 0.3) is 0 Å². The molecule has 106 valence electrons. The summed E-state index contributed by atoms with van der Waals surface area (Å²) in [5.74, 6) is 0.962. The largest absolute Gasteiger partial charge is 0.491 e. The van der Waals surface area contributed by atoms with Gasteiger partial charge in [-0.1, -0.05) is 12.1 Å². The number of nitrogens with one attached hydrogen (secondary N) is 1. The maximum atomic E-state index is 5.69. The standard InChI is InChI=1S/C16H26N2O/c1-13(2)19-16-7-5-15(6-8-16)14(3)18-11-4-9-17-10-12-18/h5-8,13-14,17H,4,9-12H2,1-3H3. The van der Waals surface area contributed by atoms with Crippen LogP contribution in [-0.2, 0) is 0 Å². The van der Waals surface area contributed by atoms with Crippen molar-refractivity contribution in [2.24, 2.45) is 0 Å². The van der Waals surface area contributed by atoms with Crippen LogP contribution in [0.15, 0.2) is 24.3 Å². The van der Waals surface area contributed by atoms with Crippen molar-refractivity contribution in [3.05, 3.63) is 29.8 Å². The van der Waals surface area contributed by atoms with Crippen LogP contribution in [0.4, 0.5) is 0 Å². The molecule has 0 aliphatic carbocycles. The Morgan fingerprint density at radius 1 is 1.05 bits per heavy atom. The third-order valence-corrected chi connectivity index (χ3v) is 3.66. The van der Waals surface area contributed by atoms with Gasteiger partial charge in [-0.05, 0) is 58.0 Å². The predicted molar refractivity (Wildman–Crippen MR) is 79.7 cm³/mol. The molecule has 0 aromatic heterocycles. The number of hydrogen-bond acceptors (Lipinski definition) is 3. The monoisotopic (exact) mass is 262 g/mol. The highest BCUT2D eigenvalue weighted by atomic mass is 16.5. The van der Waals surface area contributed by atoms with Crippen molar-refractivity contribution in [3.63, 3.8) is 0 Å². The van der Waals surface area contributed by atoms with Crippen LogP contribution in [-0.4, -0.2) is 37.2 Å². The van der Waals surface area contributed by atoms with Gasteiger partial charge < -0.3 is 10.1 Å². The third-order valence-electron chi connectivity index (χ3n) is 3.66. The van der Waals surface area contributed by atoms with Gasteiger partial charge in [0.2, 0.25) is 0 Å². The van der Waals surface area contributed by atoms with E-state index in [0.717, 1.165) is 25.4 Å². The highest BCUT2D eigenvalue weighted by Crippen LogP contribution is 2.23. The quantitative estimate of drug-likeness (QED) is 0.903. The van der Waals surface area contributed by atoms with Crippen molar-refractivity contribution in [2.45, 2.75) is 39.3 Å². The fourth-order valence-electron chi connectivity index (χ4n) is 2.56. The minimum absolute atomic E-state index is 0.236. The average Bonchev–Trinajstić information content (AvgIpc) is 2.67. The van der Waals surface area contributed by atoms with Gasteiger partial charge in [0.15, 0.2) is 0 Å². The molecular weight excluding hydrogens is 236 g/mol. The Labute approximate surface area is 116 Å². The van der Waals surface area contributed by atoms with Crippen molar-refractivity contribution >= 4 is 0 Å². The minimum atomic E-state index is 0.236. The topological polar surface area (TPSA) is 24.5 Å². The van der Waals surface area contributed by atoms with Gasteiger partial charge >= 0.3 is 0 Å². The molecule has 1 saturated heterocycles. The van der Waals surface area contributed by atoms with Crippen LogP contribution < -0.4 is 10.1 Å². The molecule has 0 radical (unpaired) electrons. The lowest BCUT2D eigenvalue weighted by molar-refractivity contribution is 0.224. The molecule has 1 aromatic rings. The van der Waals surface area contributed by atoms with Gasteiger partial charge in [0.25, 0.3) is 0 Å². The van der Waals surface area contributed by atoms with Crippen molar-refractivity contribution in [3.8, 4) is 5.75 Å². The molecule has 3 heteroatoms. The molecule has 0 saturated carbocycles. The fraction of sp³-hybridized carbons (Fsp3) is 0.625. The molecule has 1 aliphatic rings. The van der Waals surface area contributed by atoms with E-state index in [2.05, 4.69) is 55.3 Å². The van der Waals surface area contributed by atoms with E-state index in [0.29, 0.717) is 6.04 Å². The van der Waals surface area contributed by atoms with Gasteiger partial charge in [-0.3, -0.25) is 4.90 Å². The van der Waals surface area contributed by atoms with E-state index in [-0.39, 0.29) is 6.10 Å². The summed E-state index contributed by atoms with van der Waals surface area (Å²) in [5, 5.41) is 3.45. The Morgan fingerprint density at radius 2 is 1.79 bits per heavy atom. The molecule has 1 atom stereocenters.